The highest BCUT2D eigenvalue weighted by Gasteiger charge is 2.33. The standard InChI is InChI=1S/C9H3BrClF3N2.C9H4BrF3N2O/c10-5-3-15-8(11)4-1-2-6(9(12,13)14)16-7(4)5;10-5-3-14-8(16)4-1-2-6(9(11,12)13)15-7(4)5/h1-3H;1-3H,(H,14,16). The Kier molecular flexibility index (Phi) is 6.82. The third-order valence-corrected chi connectivity index (χ3v) is 5.40. The fourth-order valence-electron chi connectivity index (χ4n) is 2.47. The predicted molar refractivity (Wildman–Crippen MR) is 112 cm³/mol. The van der Waals surface area contributed by atoms with Gasteiger partial charge in [0, 0.05) is 17.8 Å². The first-order valence-corrected chi connectivity index (χ1v) is 10.2. The summed E-state index contributed by atoms with van der Waals surface area (Å²) in [6, 6.07) is 4.02. The lowest BCUT2D eigenvalue weighted by molar-refractivity contribution is -0.141. The van der Waals surface area contributed by atoms with Gasteiger partial charge < -0.3 is 4.98 Å². The topological polar surface area (TPSA) is 71.5 Å². The average molecular weight is 605 g/mol. The molecule has 5 nitrogen and oxygen atoms in total. The zero-order valence-electron chi connectivity index (χ0n) is 15.1. The van der Waals surface area contributed by atoms with Crippen LogP contribution in [-0.4, -0.2) is 19.9 Å². The fourth-order valence-corrected chi connectivity index (χ4v) is 3.49. The average Bonchev–Trinajstić information content (AvgIpc) is 2.72. The minimum absolute atomic E-state index is 0.00132. The third kappa shape index (κ3) is 5.21. The van der Waals surface area contributed by atoms with Crippen molar-refractivity contribution in [2.45, 2.75) is 12.4 Å². The SMILES string of the molecule is FC(F)(F)c1ccc2c(Cl)ncc(Br)c2n1.O=c1[nH]cc(Br)c2nc(C(F)(F)F)ccc12. The molecule has 0 atom stereocenters. The van der Waals surface area contributed by atoms with Crippen molar-refractivity contribution in [1.82, 2.24) is 19.9 Å². The molecular weight excluding hydrogens is 597 g/mol. The quantitative estimate of drug-likeness (QED) is 0.178. The molecule has 32 heavy (non-hydrogen) atoms. The third-order valence-electron chi connectivity index (χ3n) is 3.91. The minimum Gasteiger partial charge on any atom is -0.327 e. The zero-order chi connectivity index (χ0) is 23.8. The number of fused-ring (bicyclic) bond motifs is 2. The number of nitrogens with zero attached hydrogens (tertiary/aromatic N) is 3. The molecule has 0 aliphatic carbocycles. The van der Waals surface area contributed by atoms with E-state index >= 15 is 0 Å². The molecule has 168 valence electrons. The smallest absolute Gasteiger partial charge is 0.327 e. The van der Waals surface area contributed by atoms with Crippen molar-refractivity contribution in [3.8, 4) is 0 Å². The molecule has 0 spiro atoms. The first-order chi connectivity index (χ1) is 14.8. The Morgan fingerprint density at radius 3 is 1.84 bits per heavy atom. The number of aromatic nitrogens is 4. The largest absolute Gasteiger partial charge is 0.433 e. The summed E-state index contributed by atoms with van der Waals surface area (Å²) in [5.41, 5.74) is -2.30. The van der Waals surface area contributed by atoms with Gasteiger partial charge in [0.15, 0.2) is 0 Å². The molecule has 0 amide bonds. The Hall–Kier alpha value is -2.25. The molecule has 4 aromatic rings. The lowest BCUT2D eigenvalue weighted by atomic mass is 10.2. The number of halogens is 9. The molecule has 0 fully saturated rings. The number of hydrogen-bond acceptors (Lipinski definition) is 4. The summed E-state index contributed by atoms with van der Waals surface area (Å²) in [7, 11) is 0. The van der Waals surface area contributed by atoms with E-state index < -0.39 is 29.3 Å². The first-order valence-electron chi connectivity index (χ1n) is 8.22. The summed E-state index contributed by atoms with van der Waals surface area (Å²) in [6.07, 6.45) is -6.41. The van der Waals surface area contributed by atoms with Gasteiger partial charge in [0.25, 0.3) is 5.56 Å². The maximum Gasteiger partial charge on any atom is 0.433 e. The molecule has 0 unspecified atom stereocenters. The summed E-state index contributed by atoms with van der Waals surface area (Å²) in [5, 5.41) is 0.617. The highest BCUT2D eigenvalue weighted by molar-refractivity contribution is 9.11. The van der Waals surface area contributed by atoms with Gasteiger partial charge in [-0.2, -0.15) is 26.3 Å². The molecule has 4 rings (SSSR count). The van der Waals surface area contributed by atoms with Crippen LogP contribution in [0.2, 0.25) is 5.15 Å². The van der Waals surface area contributed by atoms with Gasteiger partial charge >= 0.3 is 12.4 Å². The van der Waals surface area contributed by atoms with Gasteiger partial charge in [-0.25, -0.2) is 15.0 Å². The van der Waals surface area contributed by atoms with Gasteiger partial charge in [-0.15, -0.1) is 0 Å². The van der Waals surface area contributed by atoms with Crippen molar-refractivity contribution in [3.63, 3.8) is 0 Å². The van der Waals surface area contributed by atoms with Crippen LogP contribution >= 0.6 is 43.5 Å². The number of rotatable bonds is 0. The van der Waals surface area contributed by atoms with Crippen LogP contribution in [0.1, 0.15) is 11.4 Å². The summed E-state index contributed by atoms with van der Waals surface area (Å²) < 4.78 is 75.1. The number of alkyl halides is 6. The van der Waals surface area contributed by atoms with Crippen molar-refractivity contribution in [2.24, 2.45) is 0 Å². The second-order valence-electron chi connectivity index (χ2n) is 6.04. The lowest BCUT2D eigenvalue weighted by Gasteiger charge is -2.07. The summed E-state index contributed by atoms with van der Waals surface area (Å²) >= 11 is 11.9. The Bertz CT molecular complexity index is 1370. The van der Waals surface area contributed by atoms with Crippen LogP contribution in [0.4, 0.5) is 26.3 Å². The van der Waals surface area contributed by atoms with E-state index in [1.54, 1.807) is 0 Å². The van der Waals surface area contributed by atoms with E-state index in [0.717, 1.165) is 18.2 Å². The Morgan fingerprint density at radius 2 is 1.31 bits per heavy atom. The molecule has 0 aliphatic heterocycles. The number of pyridine rings is 4. The monoisotopic (exact) mass is 602 g/mol. The van der Waals surface area contributed by atoms with E-state index in [9.17, 15) is 31.1 Å². The zero-order valence-corrected chi connectivity index (χ0v) is 19.0. The Labute approximate surface area is 196 Å². The number of H-pyrrole nitrogens is 1. The number of hydrogen-bond donors (Lipinski definition) is 1. The van der Waals surface area contributed by atoms with Crippen molar-refractivity contribution < 1.29 is 26.3 Å². The highest BCUT2D eigenvalue weighted by atomic mass is 79.9. The maximum atomic E-state index is 12.4. The van der Waals surface area contributed by atoms with Gasteiger partial charge in [-0.05, 0) is 56.1 Å². The van der Waals surface area contributed by atoms with E-state index in [0.29, 0.717) is 14.3 Å². The molecule has 0 radical (unpaired) electrons. The van der Waals surface area contributed by atoms with E-state index in [1.165, 1.54) is 18.5 Å². The Balaban J connectivity index is 0.000000181. The second kappa shape index (κ2) is 8.94. The maximum absolute atomic E-state index is 12.4. The van der Waals surface area contributed by atoms with Crippen LogP contribution in [-0.2, 0) is 12.4 Å². The van der Waals surface area contributed by atoms with Gasteiger partial charge in [0.2, 0.25) is 0 Å². The van der Waals surface area contributed by atoms with Gasteiger partial charge in [0.1, 0.15) is 16.5 Å². The second-order valence-corrected chi connectivity index (χ2v) is 8.11. The van der Waals surface area contributed by atoms with E-state index in [-0.39, 0.29) is 21.6 Å². The molecule has 4 aromatic heterocycles. The molecule has 0 aliphatic rings. The minimum atomic E-state index is -4.52. The lowest BCUT2D eigenvalue weighted by Crippen LogP contribution is -2.11. The van der Waals surface area contributed by atoms with Crippen LogP contribution in [0.25, 0.3) is 21.8 Å². The molecule has 0 saturated heterocycles. The van der Waals surface area contributed by atoms with E-state index in [4.69, 9.17) is 11.6 Å². The Morgan fingerprint density at radius 1 is 0.812 bits per heavy atom. The van der Waals surface area contributed by atoms with Crippen molar-refractivity contribution >= 4 is 65.3 Å². The van der Waals surface area contributed by atoms with Crippen molar-refractivity contribution in [1.29, 1.82) is 0 Å². The predicted octanol–water partition coefficient (Wildman–Crippen LogP) is 6.77. The van der Waals surface area contributed by atoms with Crippen LogP contribution in [0, 0.1) is 0 Å². The summed E-state index contributed by atoms with van der Waals surface area (Å²) in [4.78, 5) is 24.4. The number of nitrogens with one attached hydrogen (secondary N) is 1. The van der Waals surface area contributed by atoms with Gasteiger partial charge in [-0.1, -0.05) is 11.6 Å². The van der Waals surface area contributed by atoms with Crippen LogP contribution in [0.15, 0.2) is 50.4 Å². The molecule has 0 saturated carbocycles. The first kappa shape index (κ1) is 24.4. The van der Waals surface area contributed by atoms with Crippen molar-refractivity contribution in [2.75, 3.05) is 0 Å². The summed E-state index contributed by atoms with van der Waals surface area (Å²) in [5.74, 6) is 0. The number of aromatic amines is 1. The van der Waals surface area contributed by atoms with E-state index in [2.05, 4.69) is 51.8 Å². The highest BCUT2D eigenvalue weighted by Crippen LogP contribution is 2.33. The van der Waals surface area contributed by atoms with Crippen LogP contribution in [0.5, 0.6) is 0 Å². The molecule has 0 bridgehead atoms. The van der Waals surface area contributed by atoms with Crippen molar-refractivity contribution in [3.05, 3.63) is 72.5 Å². The molecule has 1 N–H and O–H groups in total. The van der Waals surface area contributed by atoms with Gasteiger partial charge in [-0.3, -0.25) is 4.79 Å². The normalized spacial score (nSPS) is 12.0. The molecule has 4 heterocycles. The van der Waals surface area contributed by atoms with Crippen LogP contribution in [0.3, 0.4) is 0 Å². The van der Waals surface area contributed by atoms with Crippen LogP contribution < -0.4 is 5.56 Å². The fraction of sp³-hybridized carbons (Fsp3) is 0.111. The van der Waals surface area contributed by atoms with Gasteiger partial charge in [0.05, 0.1) is 25.4 Å². The molecule has 14 heteroatoms. The molecule has 0 aromatic carbocycles. The molecular formula is C18H7Br2ClF6N4O. The van der Waals surface area contributed by atoms with E-state index in [1.807, 2.05) is 0 Å². The summed E-state index contributed by atoms with van der Waals surface area (Å²) in [6.45, 7) is 0.